The lowest BCUT2D eigenvalue weighted by Gasteiger charge is -2.17. The number of carboxylic acid groups (broad SMARTS) is 5. The summed E-state index contributed by atoms with van der Waals surface area (Å²) in [5, 5.41) is 94.2. The van der Waals surface area contributed by atoms with Gasteiger partial charge in [0.2, 0.25) is 23.7 Å². The number of hydrogen-bond donors (Lipinski definition) is 5. The lowest BCUT2D eigenvalue weighted by molar-refractivity contribution is -0.134. The first-order chi connectivity index (χ1) is 59.2. The first-order valence-electron chi connectivity index (χ1n) is 38.7. The van der Waals surface area contributed by atoms with E-state index in [-0.39, 0.29) is 28.8 Å². The van der Waals surface area contributed by atoms with Crippen molar-refractivity contribution in [2.75, 3.05) is 42.0 Å². The molecule has 0 saturated heterocycles. The van der Waals surface area contributed by atoms with Crippen LogP contribution in [0.4, 0.5) is 0 Å². The van der Waals surface area contributed by atoms with Crippen LogP contribution in [-0.2, 0) is 75.3 Å². The molecule has 0 bridgehead atoms. The van der Waals surface area contributed by atoms with E-state index in [0.717, 1.165) is 94.0 Å². The molecule has 7 aliphatic rings. The van der Waals surface area contributed by atoms with Gasteiger partial charge in [0.1, 0.15) is 33.2 Å². The van der Waals surface area contributed by atoms with E-state index < -0.39 is 29.8 Å². The highest BCUT2D eigenvalue weighted by molar-refractivity contribution is 9.11. The van der Waals surface area contributed by atoms with Gasteiger partial charge in [-0.25, -0.2) is 0 Å². The first kappa shape index (κ1) is 88.4. The summed E-state index contributed by atoms with van der Waals surface area (Å²) in [6.07, 6.45) is 21.2. The Kier molecular flexibility index (Phi) is 29.2. The van der Waals surface area contributed by atoms with Crippen LogP contribution < -0.4 is 9.47 Å². The number of hydrogen-bond acceptors (Lipinski definition) is 27. The summed E-state index contributed by atoms with van der Waals surface area (Å²) in [6, 6.07) is 30.8. The van der Waals surface area contributed by atoms with E-state index in [1.54, 1.807) is 37.7 Å². The van der Waals surface area contributed by atoms with Crippen LogP contribution in [0, 0.1) is 0 Å². The molecule has 2 saturated carbocycles. The van der Waals surface area contributed by atoms with Crippen LogP contribution in [0.15, 0.2) is 140 Å². The average Bonchev–Trinajstić information content (AvgIpc) is 1.61. The SMILES string of the molecule is O=C(O)CSc1nnc(Br)n1-c1sc(-c2ccccc2)c2c1CCC2.O=C(O)CSc1nnc(Br)n1-c1sc(-c2ccccc2)c2c1CCCC2.O=C(O)CSc1nnc(Br)n1-c1sc(-c2ccccc2)c2c1OCCO2.O=C(O)CSc1nnc(Br)n1-c1sc(C2CC2)c2c1CCC2.O=C(O)CSc1nnc(Br)n1-c1sc(C2CC2)c2c1CCCC2. The van der Waals surface area contributed by atoms with Crippen molar-refractivity contribution in [3.05, 3.63) is 169 Å². The molecule has 10 aromatic heterocycles. The minimum absolute atomic E-state index is 0.00577. The summed E-state index contributed by atoms with van der Waals surface area (Å²) in [5.41, 5.74) is 14.9. The topological polar surface area (TPSA) is 359 Å². The predicted molar refractivity (Wildman–Crippen MR) is 495 cm³/mol. The maximum absolute atomic E-state index is 11.0. The van der Waals surface area contributed by atoms with Crippen LogP contribution >= 0.6 is 195 Å². The van der Waals surface area contributed by atoms with E-state index in [2.05, 4.69) is 179 Å². The maximum atomic E-state index is 11.0. The zero-order chi connectivity index (χ0) is 84.8. The Hall–Kier alpha value is -7.04. The van der Waals surface area contributed by atoms with Crippen molar-refractivity contribution in [3.63, 3.8) is 0 Å². The van der Waals surface area contributed by atoms with Crippen molar-refractivity contribution >= 4 is 225 Å². The summed E-state index contributed by atoms with van der Waals surface area (Å²) < 4.78 is 24.4. The van der Waals surface area contributed by atoms with Gasteiger partial charge in [0, 0.05) is 19.5 Å². The van der Waals surface area contributed by atoms with E-state index in [1.807, 2.05) is 83.4 Å². The number of halogens is 5. The molecule has 27 nitrogen and oxygen atoms in total. The van der Waals surface area contributed by atoms with Crippen molar-refractivity contribution in [2.24, 2.45) is 0 Å². The number of aromatic nitrogens is 15. The van der Waals surface area contributed by atoms with Crippen molar-refractivity contribution in [1.29, 1.82) is 0 Å². The van der Waals surface area contributed by atoms with Gasteiger partial charge in [0.05, 0.1) is 33.6 Å². The number of fused-ring (bicyclic) bond motifs is 5. The van der Waals surface area contributed by atoms with Gasteiger partial charge in [-0.15, -0.1) is 108 Å². The Bertz CT molecular complexity index is 5880. The second-order valence-electron chi connectivity index (χ2n) is 28.6. The van der Waals surface area contributed by atoms with E-state index in [4.69, 9.17) is 35.0 Å². The van der Waals surface area contributed by atoms with E-state index >= 15 is 0 Å². The molecule has 2 fully saturated rings. The molecule has 11 heterocycles. The Morgan fingerprint density at radius 3 is 0.902 bits per heavy atom. The highest BCUT2D eigenvalue weighted by Crippen LogP contribution is 2.56. The minimum atomic E-state index is -0.918. The van der Waals surface area contributed by atoms with E-state index in [0.29, 0.717) is 74.2 Å². The smallest absolute Gasteiger partial charge is 0.313 e. The van der Waals surface area contributed by atoms with Crippen molar-refractivity contribution in [2.45, 2.75) is 153 Å². The van der Waals surface area contributed by atoms with Gasteiger partial charge in [-0.3, -0.25) is 46.8 Å². The van der Waals surface area contributed by atoms with Gasteiger partial charge < -0.3 is 35.0 Å². The van der Waals surface area contributed by atoms with Crippen molar-refractivity contribution in [3.8, 4) is 67.8 Å². The Labute approximate surface area is 781 Å². The molecule has 1 aliphatic heterocycles. The maximum Gasteiger partial charge on any atom is 0.313 e. The fourth-order valence-corrected chi connectivity index (χ4v) is 29.0. The molecule has 13 aromatic rings. The third kappa shape index (κ3) is 20.0. The fraction of sp³-hybridized carbons (Fsp3) is 0.338. The molecule has 5 N–H and O–H groups in total. The molecule has 0 spiro atoms. The van der Waals surface area contributed by atoms with Gasteiger partial charge in [-0.2, -0.15) is 0 Å². The zero-order valence-electron chi connectivity index (χ0n) is 64.3. The highest BCUT2D eigenvalue weighted by atomic mass is 79.9. The van der Waals surface area contributed by atoms with Gasteiger partial charge in [-0.05, 0) is 268 Å². The second kappa shape index (κ2) is 40.3. The predicted octanol–water partition coefficient (Wildman–Crippen LogP) is 20.6. The molecule has 20 rings (SSSR count). The lowest BCUT2D eigenvalue weighted by atomic mass is 9.91. The quantitative estimate of drug-likeness (QED) is 0.0332. The number of benzene rings is 3. The number of nitrogens with zero attached hydrogens (tertiary/aromatic N) is 15. The summed E-state index contributed by atoms with van der Waals surface area (Å²) in [6.45, 7) is 0.926. The number of carbonyl (C=O) groups is 5. The van der Waals surface area contributed by atoms with Crippen LogP contribution in [0.2, 0.25) is 0 Å². The van der Waals surface area contributed by atoms with Gasteiger partial charge in [0.25, 0.3) is 0 Å². The molecule has 122 heavy (non-hydrogen) atoms. The molecule has 0 atom stereocenters. The number of carboxylic acids is 5. The van der Waals surface area contributed by atoms with E-state index in [9.17, 15) is 24.0 Å². The van der Waals surface area contributed by atoms with Crippen LogP contribution in [0.1, 0.15) is 130 Å². The van der Waals surface area contributed by atoms with Crippen LogP contribution in [0.25, 0.3) is 56.3 Å². The first-order valence-corrected chi connectivity index (χ1v) is 51.7. The summed E-state index contributed by atoms with van der Waals surface area (Å²) in [7, 11) is 0. The molecular weight excluding hydrogens is 2080 g/mol. The number of aliphatic carboxylic acids is 5. The third-order valence-corrected chi connectivity index (χ3v) is 34.1. The third-order valence-electron chi connectivity index (χ3n) is 20.4. The van der Waals surface area contributed by atoms with Gasteiger partial charge in [-0.1, -0.05) is 150 Å². The van der Waals surface area contributed by atoms with Gasteiger partial charge >= 0.3 is 29.8 Å². The fourth-order valence-electron chi connectivity index (χ4n) is 15.0. The second-order valence-corrected chi connectivity index (χ2v) is 41.9. The zero-order valence-corrected chi connectivity index (χ0v) is 80.4. The molecule has 3 aromatic carbocycles. The molecule has 42 heteroatoms. The van der Waals surface area contributed by atoms with Crippen molar-refractivity contribution in [1.82, 2.24) is 73.8 Å². The van der Waals surface area contributed by atoms with Crippen LogP contribution in [-0.4, -0.2) is 171 Å². The molecular formula is C80H72Br5N15O12S10. The summed E-state index contributed by atoms with van der Waals surface area (Å²) in [5.74, 6) is -1.72. The monoisotopic (exact) mass is 2150 g/mol. The normalized spacial score (nSPS) is 14.7. The molecule has 634 valence electrons. The average molecular weight is 2160 g/mol. The molecule has 0 radical (unpaired) electrons. The number of rotatable bonds is 25. The number of thiophene rings is 5. The Morgan fingerprint density at radius 1 is 0.320 bits per heavy atom. The number of ether oxygens (including phenoxy) is 2. The van der Waals surface area contributed by atoms with Crippen LogP contribution in [0.5, 0.6) is 11.5 Å². The lowest BCUT2D eigenvalue weighted by Crippen LogP contribution is -2.15. The van der Waals surface area contributed by atoms with E-state index in [1.165, 1.54) is 204 Å². The molecule has 0 unspecified atom stereocenters. The summed E-state index contributed by atoms with van der Waals surface area (Å²) in [4.78, 5) is 61.1. The van der Waals surface area contributed by atoms with Gasteiger partial charge in [0.15, 0.2) is 42.3 Å². The Balaban J connectivity index is 0.000000113. The Morgan fingerprint density at radius 2 is 0.574 bits per heavy atom. The highest BCUT2D eigenvalue weighted by Gasteiger charge is 2.38. The number of thioether (sulfide) groups is 5. The van der Waals surface area contributed by atoms with Crippen LogP contribution in [0.3, 0.4) is 0 Å². The molecule has 6 aliphatic carbocycles. The summed E-state index contributed by atoms with van der Waals surface area (Å²) >= 11 is 31.9. The standard InChI is InChI=1S/C18H16BrN3O2S2.C17H14BrN3O2S2.C16H12BrN3O4S2.C15H16BrN3O2S2.C14H14BrN3O2S2/c19-17-20-21-18(25-10-14(23)24)22(17)16-13-9-5-4-8-12(13)15(26-16)11-6-2-1-3-7-11;18-16-19-20-17(24-9-13(22)23)21(16)15-12-8-4-7-11(12)14(25-15)10-5-2-1-3-6-10;17-15-18-19-16(25-8-10(21)22)20(15)14-12-11(23-6-7-24-12)13(26-14)9-4-2-1-3-5-9;16-14-17-18-15(22-7-11(20)21)19(14)13-10-4-2-1-3-9(10)12(23-13)8-5-6-8;15-13-16-17-14(21-6-10(19)20)18(13)12-9-3-1-2-8(9)11(22-12)7-4-5-7/h1-3,6-7H,4-5,8-10H2,(H,23,24);1-3,5-6H,4,7-9H2,(H,22,23);1-5H,6-8H2,(H,21,22);8H,1-7H2,(H,20,21);7H,1-6H2,(H,19,20). The minimum Gasteiger partial charge on any atom is -0.485 e. The van der Waals surface area contributed by atoms with Crippen molar-refractivity contribution < 1.29 is 59.0 Å². The largest absolute Gasteiger partial charge is 0.485 e. The molecule has 0 amide bonds.